The number of rotatable bonds is 6. The highest BCUT2D eigenvalue weighted by atomic mass is 31.2. The van der Waals surface area contributed by atoms with E-state index in [4.69, 9.17) is 15.2 Å². The topological polar surface area (TPSA) is 214 Å². The molecule has 2 aromatic rings. The van der Waals surface area contributed by atoms with Crippen LogP contribution in [0.4, 0.5) is 5.82 Å². The van der Waals surface area contributed by atoms with E-state index >= 15 is 0 Å². The van der Waals surface area contributed by atoms with Crippen molar-refractivity contribution in [2.45, 2.75) is 43.4 Å². The molecule has 14 nitrogen and oxygen atoms in total. The first-order valence-electron chi connectivity index (χ1n) is 9.21. The van der Waals surface area contributed by atoms with Crippen LogP contribution in [0.3, 0.4) is 0 Å². The highest BCUT2D eigenvalue weighted by Gasteiger charge is 2.49. The third-order valence-corrected chi connectivity index (χ3v) is 5.56. The van der Waals surface area contributed by atoms with Crippen LogP contribution in [-0.2, 0) is 23.4 Å². The zero-order valence-corrected chi connectivity index (χ0v) is 16.5. The lowest BCUT2D eigenvalue weighted by molar-refractivity contribution is -0.659. The summed E-state index contributed by atoms with van der Waals surface area (Å²) in [6.45, 7) is 0.0459. The fraction of sp³-hybridized carbons (Fsp3) is 0.600. The largest absolute Gasteiger partial charge is 0.790 e. The van der Waals surface area contributed by atoms with Gasteiger partial charge in [0, 0.05) is 12.8 Å². The summed E-state index contributed by atoms with van der Waals surface area (Å²) in [5, 5.41) is 12.6. The molecule has 30 heavy (non-hydrogen) atoms. The average molecular weight is 443 g/mol. The molecular formula is C15H20N6O8P-. The number of phosphoric ester groups is 1. The maximum Gasteiger partial charge on any atom is 0.365 e. The van der Waals surface area contributed by atoms with E-state index in [0.717, 1.165) is 13.0 Å². The number of aliphatic hydroxyl groups is 1. The van der Waals surface area contributed by atoms with Gasteiger partial charge in [-0.1, -0.05) is 0 Å². The number of phosphoric acid groups is 1. The first-order chi connectivity index (χ1) is 14.2. The van der Waals surface area contributed by atoms with Gasteiger partial charge in [0.2, 0.25) is 0 Å². The maximum absolute atomic E-state index is 12.4. The molecule has 0 saturated carbocycles. The number of hydrogen-bond donors (Lipinski definition) is 3. The summed E-state index contributed by atoms with van der Waals surface area (Å²) in [4.78, 5) is 46.2. The first-order valence-corrected chi connectivity index (χ1v) is 10.7. The number of esters is 1. The second-order valence-electron chi connectivity index (χ2n) is 7.06. The van der Waals surface area contributed by atoms with Gasteiger partial charge in [0.1, 0.15) is 24.1 Å². The summed E-state index contributed by atoms with van der Waals surface area (Å²) in [5.41, 5.74) is 6.28. The molecule has 2 fully saturated rings. The molecular weight excluding hydrogens is 423 g/mol. The Labute approximate surface area is 169 Å². The molecule has 15 heteroatoms. The molecule has 164 valence electrons. The molecule has 5 atom stereocenters. The zero-order chi connectivity index (χ0) is 21.5. The minimum absolute atomic E-state index is 0.115. The highest BCUT2D eigenvalue weighted by molar-refractivity contribution is 7.43. The van der Waals surface area contributed by atoms with E-state index in [2.05, 4.69) is 19.5 Å². The van der Waals surface area contributed by atoms with Crippen molar-refractivity contribution in [3.63, 3.8) is 0 Å². The molecule has 0 unspecified atom stereocenters. The molecule has 0 spiro atoms. The zero-order valence-electron chi connectivity index (χ0n) is 15.6. The molecule has 5 N–H and O–H groups in total. The van der Waals surface area contributed by atoms with Crippen molar-refractivity contribution in [3.05, 3.63) is 12.7 Å². The van der Waals surface area contributed by atoms with Crippen LogP contribution in [0.25, 0.3) is 11.2 Å². The summed E-state index contributed by atoms with van der Waals surface area (Å²) in [5.74, 6) is -0.454. The summed E-state index contributed by atoms with van der Waals surface area (Å²) in [7, 11) is -5.31. The summed E-state index contributed by atoms with van der Waals surface area (Å²) in [6, 6.07) is -0.426. The van der Waals surface area contributed by atoms with Gasteiger partial charge in [-0.25, -0.2) is 19.7 Å². The number of nitrogens with zero attached hydrogens (tertiary/aromatic N) is 4. The van der Waals surface area contributed by atoms with Crippen LogP contribution in [0.2, 0.25) is 0 Å². The van der Waals surface area contributed by atoms with Gasteiger partial charge in [0.15, 0.2) is 29.8 Å². The van der Waals surface area contributed by atoms with Crippen molar-refractivity contribution < 1.29 is 43.6 Å². The fourth-order valence-electron chi connectivity index (χ4n) is 3.66. The van der Waals surface area contributed by atoms with Gasteiger partial charge in [-0.2, -0.15) is 0 Å². The van der Waals surface area contributed by atoms with E-state index in [1.165, 1.54) is 17.2 Å². The van der Waals surface area contributed by atoms with Crippen LogP contribution in [0.15, 0.2) is 12.7 Å². The Bertz CT molecular complexity index is 975. The number of aliphatic hydroxyl groups excluding tert-OH is 1. The Morgan fingerprint density at radius 3 is 2.93 bits per heavy atom. The number of nitrogens with two attached hydrogens (primary N) is 2. The summed E-state index contributed by atoms with van der Waals surface area (Å²) < 4.78 is 27.7. The molecule has 0 bridgehead atoms. The van der Waals surface area contributed by atoms with E-state index in [1.54, 1.807) is 0 Å². The van der Waals surface area contributed by atoms with E-state index < -0.39 is 51.0 Å². The summed E-state index contributed by atoms with van der Waals surface area (Å²) >= 11 is 0. The average Bonchev–Trinajstić information content (AvgIpc) is 3.41. The van der Waals surface area contributed by atoms with Gasteiger partial charge in [-0.15, -0.1) is 0 Å². The quantitative estimate of drug-likeness (QED) is 0.289. The van der Waals surface area contributed by atoms with Crippen LogP contribution in [0.5, 0.6) is 0 Å². The van der Waals surface area contributed by atoms with E-state index in [0.29, 0.717) is 6.42 Å². The second-order valence-corrected chi connectivity index (χ2v) is 8.21. The first kappa shape index (κ1) is 21.1. The number of nitrogen functional groups attached to an aromatic ring is 1. The van der Waals surface area contributed by atoms with Crippen molar-refractivity contribution in [2.75, 3.05) is 18.9 Å². The predicted molar refractivity (Wildman–Crippen MR) is 92.9 cm³/mol. The van der Waals surface area contributed by atoms with Crippen LogP contribution in [0, 0.1) is 0 Å². The van der Waals surface area contributed by atoms with Crippen LogP contribution in [-0.4, -0.2) is 68.1 Å². The van der Waals surface area contributed by atoms with Gasteiger partial charge in [-0.3, -0.25) is 4.57 Å². The number of ether oxygens (including phenoxy) is 2. The lowest BCUT2D eigenvalue weighted by Crippen LogP contribution is -2.88. The lowest BCUT2D eigenvalue weighted by atomic mass is 10.1. The number of carbonyl (C=O) groups is 1. The van der Waals surface area contributed by atoms with Crippen molar-refractivity contribution in [3.8, 4) is 0 Å². The molecule has 0 radical (unpaired) electrons. The second kappa shape index (κ2) is 8.15. The third-order valence-electron chi connectivity index (χ3n) is 5.09. The smallest absolute Gasteiger partial charge is 0.365 e. The Morgan fingerprint density at radius 1 is 1.43 bits per heavy atom. The van der Waals surface area contributed by atoms with E-state index in [-0.39, 0.29) is 17.0 Å². The normalized spacial score (nSPS) is 29.5. The number of carbonyl (C=O) groups excluding carboxylic acids is 1. The molecule has 0 amide bonds. The van der Waals surface area contributed by atoms with Crippen LogP contribution in [0.1, 0.15) is 19.1 Å². The number of aromatic nitrogens is 4. The van der Waals surface area contributed by atoms with Crippen molar-refractivity contribution in [1.29, 1.82) is 0 Å². The van der Waals surface area contributed by atoms with Crippen molar-refractivity contribution in [1.82, 2.24) is 19.5 Å². The highest BCUT2D eigenvalue weighted by Crippen LogP contribution is 2.36. The Kier molecular flexibility index (Phi) is 5.72. The number of anilines is 1. The number of hydrogen-bond acceptors (Lipinski definition) is 12. The molecule has 4 heterocycles. The summed E-state index contributed by atoms with van der Waals surface area (Å²) in [6.07, 6.45) is -1.10. The number of imidazole rings is 1. The molecule has 0 aliphatic carbocycles. The van der Waals surface area contributed by atoms with Gasteiger partial charge in [-0.05, 0) is 0 Å². The van der Waals surface area contributed by atoms with Gasteiger partial charge in [0.05, 0.1) is 27.3 Å². The van der Waals surface area contributed by atoms with Crippen molar-refractivity contribution >= 4 is 30.8 Å². The minimum Gasteiger partial charge on any atom is -0.790 e. The van der Waals surface area contributed by atoms with Crippen LogP contribution < -0.4 is 20.8 Å². The van der Waals surface area contributed by atoms with Gasteiger partial charge >= 0.3 is 5.97 Å². The number of quaternary nitrogens is 1. The monoisotopic (exact) mass is 443 g/mol. The van der Waals surface area contributed by atoms with Crippen LogP contribution >= 0.6 is 7.82 Å². The van der Waals surface area contributed by atoms with Gasteiger partial charge in [0.25, 0.3) is 0 Å². The minimum atomic E-state index is -5.31. The Hall–Kier alpha value is -2.19. The molecule has 2 aliphatic heterocycles. The molecule has 2 aliphatic rings. The maximum atomic E-state index is 12.4. The third kappa shape index (κ3) is 4.16. The lowest BCUT2D eigenvalue weighted by Gasteiger charge is -2.30. The Balaban J connectivity index is 1.59. The Morgan fingerprint density at radius 2 is 2.23 bits per heavy atom. The van der Waals surface area contributed by atoms with Gasteiger partial charge < -0.3 is 44.5 Å². The predicted octanol–water partition coefficient (Wildman–Crippen LogP) is -3.85. The molecule has 0 aromatic carbocycles. The molecule has 2 aromatic heterocycles. The molecule has 4 rings (SSSR count). The van der Waals surface area contributed by atoms with E-state index in [9.17, 15) is 24.3 Å². The van der Waals surface area contributed by atoms with Crippen molar-refractivity contribution in [2.24, 2.45) is 0 Å². The fourth-order valence-corrected chi connectivity index (χ4v) is 3.99. The molecule has 2 saturated heterocycles. The SMILES string of the molecule is Nc1ncnc2c1ncn2[C@@H]1O[C@H](COP(=O)([O-])[O-])[C@@H](OC(=O)[C@@H]2CCC[NH2+]2)[C@H]1O. The standard InChI is InChI=1S/C15H21N6O8P/c16-12-9-13(19-5-18-12)21(6-20-9)14-10(22)11(8(28-14)4-27-30(24,25)26)29-15(23)7-2-1-3-17-7/h5-8,10-11,14,17,22H,1-4H2,(H2,16,18,19)(H2,24,25,26)/p-1/t7-,8+,10+,11+,14+/m0/s1. The van der Waals surface area contributed by atoms with E-state index in [1.807, 2.05) is 5.32 Å². The number of fused-ring (bicyclic) bond motifs is 1.